The summed E-state index contributed by atoms with van der Waals surface area (Å²) in [5, 5.41) is 9.50. The SMILES string of the molecule is COC(=O)c1ccc(Cl)c(Cn2nc(-c3ncc(OC)c(Nc4ccncc4)n3)c3ccccc32)c1Cl. The number of nitrogens with one attached hydrogen (secondary N) is 1. The van der Waals surface area contributed by atoms with Crippen molar-refractivity contribution in [3.05, 3.63) is 88.3 Å². The van der Waals surface area contributed by atoms with Gasteiger partial charge in [0.25, 0.3) is 0 Å². The van der Waals surface area contributed by atoms with E-state index in [4.69, 9.17) is 42.8 Å². The third-order valence-electron chi connectivity index (χ3n) is 5.69. The van der Waals surface area contributed by atoms with Crippen LogP contribution in [0.1, 0.15) is 15.9 Å². The van der Waals surface area contributed by atoms with E-state index in [1.165, 1.54) is 13.2 Å². The number of anilines is 2. The van der Waals surface area contributed by atoms with E-state index in [1.807, 2.05) is 36.4 Å². The third kappa shape index (κ3) is 4.78. The number of para-hydroxylation sites is 1. The number of carbonyl (C=O) groups is 1. The van der Waals surface area contributed by atoms with Crippen molar-refractivity contribution in [3.8, 4) is 17.3 Å². The van der Waals surface area contributed by atoms with Gasteiger partial charge in [-0.2, -0.15) is 5.10 Å². The summed E-state index contributed by atoms with van der Waals surface area (Å²) in [5.74, 6) is 0.805. The number of nitrogens with zero attached hydrogens (tertiary/aromatic N) is 5. The van der Waals surface area contributed by atoms with Crippen molar-refractivity contribution in [2.75, 3.05) is 19.5 Å². The molecule has 0 bridgehead atoms. The van der Waals surface area contributed by atoms with E-state index in [1.54, 1.807) is 36.4 Å². The highest BCUT2D eigenvalue weighted by Gasteiger charge is 2.21. The Morgan fingerprint density at radius 1 is 1.05 bits per heavy atom. The number of carbonyl (C=O) groups excluding carboxylic acids is 1. The lowest BCUT2D eigenvalue weighted by Gasteiger charge is -2.11. The Morgan fingerprint density at radius 3 is 2.59 bits per heavy atom. The van der Waals surface area contributed by atoms with Gasteiger partial charge in [-0.3, -0.25) is 9.67 Å². The fourth-order valence-corrected chi connectivity index (χ4v) is 4.44. The number of hydrogen-bond acceptors (Lipinski definition) is 8. The molecule has 2 aromatic carbocycles. The lowest BCUT2D eigenvalue weighted by Crippen LogP contribution is -2.08. The summed E-state index contributed by atoms with van der Waals surface area (Å²) < 4.78 is 12.0. The molecule has 186 valence electrons. The molecular weight excluding hydrogens is 515 g/mol. The molecule has 0 saturated carbocycles. The number of pyridine rings is 1. The second kappa shape index (κ2) is 10.4. The zero-order chi connectivity index (χ0) is 25.9. The molecule has 0 aliphatic rings. The van der Waals surface area contributed by atoms with Crippen LogP contribution in [-0.2, 0) is 11.3 Å². The Bertz CT molecular complexity index is 1610. The summed E-state index contributed by atoms with van der Waals surface area (Å²) in [6, 6.07) is 14.5. The smallest absolute Gasteiger partial charge is 0.339 e. The van der Waals surface area contributed by atoms with Crippen LogP contribution in [0.15, 0.2) is 67.1 Å². The predicted molar refractivity (Wildman–Crippen MR) is 142 cm³/mol. The summed E-state index contributed by atoms with van der Waals surface area (Å²) in [5.41, 5.74) is 2.94. The minimum Gasteiger partial charge on any atom is -0.491 e. The lowest BCUT2D eigenvalue weighted by molar-refractivity contribution is 0.0601. The fourth-order valence-electron chi connectivity index (χ4n) is 3.87. The van der Waals surface area contributed by atoms with Crippen molar-refractivity contribution in [3.63, 3.8) is 0 Å². The minimum absolute atomic E-state index is 0.210. The maximum Gasteiger partial charge on any atom is 0.339 e. The van der Waals surface area contributed by atoms with E-state index < -0.39 is 5.97 Å². The van der Waals surface area contributed by atoms with E-state index in [-0.39, 0.29) is 17.1 Å². The van der Waals surface area contributed by atoms with Gasteiger partial charge in [-0.15, -0.1) is 0 Å². The van der Waals surface area contributed by atoms with Crippen LogP contribution in [0, 0.1) is 0 Å². The highest BCUT2D eigenvalue weighted by molar-refractivity contribution is 6.38. The molecule has 0 spiro atoms. The Kier molecular flexibility index (Phi) is 6.89. The van der Waals surface area contributed by atoms with Gasteiger partial charge in [0, 0.05) is 34.1 Å². The largest absolute Gasteiger partial charge is 0.491 e. The van der Waals surface area contributed by atoms with Gasteiger partial charge >= 0.3 is 5.97 Å². The van der Waals surface area contributed by atoms with Crippen molar-refractivity contribution < 1.29 is 14.3 Å². The van der Waals surface area contributed by atoms with E-state index in [0.29, 0.717) is 33.7 Å². The first-order chi connectivity index (χ1) is 18.0. The van der Waals surface area contributed by atoms with Gasteiger partial charge in [0.15, 0.2) is 17.4 Å². The first kappa shape index (κ1) is 24.5. The molecular formula is C26H20Cl2N6O3. The van der Waals surface area contributed by atoms with Crippen LogP contribution in [0.5, 0.6) is 5.75 Å². The molecule has 9 nitrogen and oxygen atoms in total. The predicted octanol–water partition coefficient (Wildman–Crippen LogP) is 5.78. The highest BCUT2D eigenvalue weighted by atomic mass is 35.5. The standard InChI is InChI=1S/C26H20Cl2N6O3/c1-36-21-13-30-25(32-24(21)31-15-9-11-29-12-10-15)23-16-5-3-4-6-20(16)34(33-23)14-18-19(27)8-7-17(22(18)28)26(35)37-2/h3-13H,14H2,1-2H3,(H,29,30,31,32). The van der Waals surface area contributed by atoms with Crippen molar-refractivity contribution in [2.24, 2.45) is 0 Å². The van der Waals surface area contributed by atoms with Crippen LogP contribution in [0.3, 0.4) is 0 Å². The van der Waals surface area contributed by atoms with Gasteiger partial charge in [-0.25, -0.2) is 14.8 Å². The average molecular weight is 535 g/mol. The molecule has 11 heteroatoms. The molecule has 0 atom stereocenters. The molecule has 0 aliphatic heterocycles. The molecule has 5 rings (SSSR count). The zero-order valence-corrected chi connectivity index (χ0v) is 21.3. The molecule has 0 unspecified atom stereocenters. The van der Waals surface area contributed by atoms with E-state index in [2.05, 4.69) is 15.3 Å². The number of methoxy groups -OCH3 is 2. The van der Waals surface area contributed by atoms with E-state index in [9.17, 15) is 4.79 Å². The molecule has 0 fully saturated rings. The van der Waals surface area contributed by atoms with Crippen LogP contribution < -0.4 is 10.1 Å². The van der Waals surface area contributed by atoms with Crippen molar-refractivity contribution >= 4 is 51.6 Å². The van der Waals surface area contributed by atoms with E-state index >= 15 is 0 Å². The molecule has 0 amide bonds. The van der Waals surface area contributed by atoms with Gasteiger partial charge in [0.1, 0.15) is 5.69 Å². The molecule has 5 aromatic rings. The average Bonchev–Trinajstić information content (AvgIpc) is 3.29. The van der Waals surface area contributed by atoms with Gasteiger partial charge < -0.3 is 14.8 Å². The quantitative estimate of drug-likeness (QED) is 0.262. The Morgan fingerprint density at radius 2 is 1.84 bits per heavy atom. The zero-order valence-electron chi connectivity index (χ0n) is 19.8. The Hall–Kier alpha value is -4.21. The summed E-state index contributed by atoms with van der Waals surface area (Å²) in [7, 11) is 2.85. The van der Waals surface area contributed by atoms with Crippen LogP contribution in [0.2, 0.25) is 10.0 Å². The van der Waals surface area contributed by atoms with Crippen molar-refractivity contribution in [2.45, 2.75) is 6.54 Å². The molecule has 37 heavy (non-hydrogen) atoms. The number of rotatable bonds is 7. The minimum atomic E-state index is -0.546. The number of esters is 1. The molecule has 1 N–H and O–H groups in total. The summed E-state index contributed by atoms with van der Waals surface area (Å²) >= 11 is 13.0. The fraction of sp³-hybridized carbons (Fsp3) is 0.115. The monoisotopic (exact) mass is 534 g/mol. The number of fused-ring (bicyclic) bond motifs is 1. The molecule has 3 aromatic heterocycles. The Balaban J connectivity index is 1.59. The molecule has 0 saturated heterocycles. The topological polar surface area (TPSA) is 104 Å². The summed E-state index contributed by atoms with van der Waals surface area (Å²) in [6.45, 7) is 0.210. The van der Waals surface area contributed by atoms with Crippen LogP contribution in [0.4, 0.5) is 11.5 Å². The van der Waals surface area contributed by atoms with Crippen molar-refractivity contribution in [1.29, 1.82) is 0 Å². The van der Waals surface area contributed by atoms with Gasteiger partial charge in [0.05, 0.1) is 43.1 Å². The third-order valence-corrected chi connectivity index (χ3v) is 6.47. The molecule has 0 radical (unpaired) electrons. The van der Waals surface area contributed by atoms with Crippen LogP contribution >= 0.6 is 23.2 Å². The maximum atomic E-state index is 12.2. The van der Waals surface area contributed by atoms with E-state index in [0.717, 1.165) is 16.6 Å². The summed E-state index contributed by atoms with van der Waals surface area (Å²) in [4.78, 5) is 25.4. The number of benzene rings is 2. The second-order valence-electron chi connectivity index (χ2n) is 7.87. The van der Waals surface area contributed by atoms with Gasteiger partial charge in [0.2, 0.25) is 0 Å². The molecule has 3 heterocycles. The van der Waals surface area contributed by atoms with Crippen molar-refractivity contribution in [1.82, 2.24) is 24.7 Å². The van der Waals surface area contributed by atoms with Gasteiger partial charge in [-0.05, 0) is 30.3 Å². The lowest BCUT2D eigenvalue weighted by atomic mass is 10.1. The van der Waals surface area contributed by atoms with Gasteiger partial charge in [-0.1, -0.05) is 41.4 Å². The number of hydrogen-bond donors (Lipinski definition) is 1. The normalized spacial score (nSPS) is 10.9. The first-order valence-corrected chi connectivity index (χ1v) is 11.8. The summed E-state index contributed by atoms with van der Waals surface area (Å²) in [6.07, 6.45) is 4.95. The number of halogens is 2. The Labute approximate surface area is 222 Å². The highest BCUT2D eigenvalue weighted by Crippen LogP contribution is 2.33. The molecule has 0 aliphatic carbocycles. The number of aromatic nitrogens is 5. The first-order valence-electron chi connectivity index (χ1n) is 11.1. The number of ether oxygens (including phenoxy) is 2. The second-order valence-corrected chi connectivity index (χ2v) is 8.66. The maximum absolute atomic E-state index is 12.2. The van der Waals surface area contributed by atoms with Crippen LogP contribution in [-0.4, -0.2) is 44.9 Å². The van der Waals surface area contributed by atoms with Crippen LogP contribution in [0.25, 0.3) is 22.4 Å².